The lowest BCUT2D eigenvalue weighted by molar-refractivity contribution is 0.477. The van der Waals surface area contributed by atoms with Crippen LogP contribution in [-0.4, -0.2) is 13.1 Å². The number of nitrogens with one attached hydrogen (secondary N) is 2. The molecule has 0 amide bonds. The van der Waals surface area contributed by atoms with Gasteiger partial charge >= 0.3 is 0 Å². The summed E-state index contributed by atoms with van der Waals surface area (Å²) in [7, 11) is 0. The van der Waals surface area contributed by atoms with E-state index >= 15 is 0 Å². The number of hydrogen-bond donors (Lipinski definition) is 2. The Morgan fingerprint density at radius 3 is 0.778 bits per heavy atom. The zero-order chi connectivity index (χ0) is 19.7. The molecule has 0 atom stereocenters. The molecule has 0 bridgehead atoms. The molecule has 0 aromatic carbocycles. The van der Waals surface area contributed by atoms with Crippen LogP contribution in [0.3, 0.4) is 0 Å². The topological polar surface area (TPSA) is 24.1 Å². The van der Waals surface area contributed by atoms with E-state index in [0.717, 1.165) is 13.1 Å². The molecule has 0 aliphatic heterocycles. The summed E-state index contributed by atoms with van der Waals surface area (Å²) in [5.74, 6) is 0. The Morgan fingerprint density at radius 1 is 0.296 bits per heavy atom. The number of unbranched alkanes of at least 4 members (excludes halogenated alkanes) is 19. The van der Waals surface area contributed by atoms with Crippen molar-refractivity contribution >= 4 is 0 Å². The lowest BCUT2D eigenvalue weighted by Gasteiger charge is -2.07. The van der Waals surface area contributed by atoms with Gasteiger partial charge in [-0.15, -0.1) is 0 Å². The van der Waals surface area contributed by atoms with E-state index in [0.29, 0.717) is 0 Å². The normalized spacial score (nSPS) is 11.3. The maximum atomic E-state index is 3.40. The Bertz CT molecular complexity index is 218. The monoisotopic (exact) mass is 382 g/mol. The van der Waals surface area contributed by atoms with Crippen molar-refractivity contribution in [3.05, 3.63) is 0 Å². The van der Waals surface area contributed by atoms with Crippen molar-refractivity contribution in [2.45, 2.75) is 149 Å². The molecule has 2 nitrogen and oxygen atoms in total. The summed E-state index contributed by atoms with van der Waals surface area (Å²) in [4.78, 5) is 0. The maximum Gasteiger partial charge on any atom is 0.00997 e. The summed E-state index contributed by atoms with van der Waals surface area (Å²) in [5.41, 5.74) is 6.79. The molecule has 0 fully saturated rings. The molecule has 164 valence electrons. The Labute approximate surface area is 173 Å². The number of hydrogen-bond acceptors (Lipinski definition) is 2. The molecule has 0 radical (unpaired) electrons. The van der Waals surface area contributed by atoms with Gasteiger partial charge in [-0.25, -0.2) is 0 Å². The van der Waals surface area contributed by atoms with Crippen LogP contribution in [0.2, 0.25) is 0 Å². The molecular weight excluding hydrogens is 328 g/mol. The predicted octanol–water partition coefficient (Wildman–Crippen LogP) is 8.31. The van der Waals surface area contributed by atoms with Gasteiger partial charge in [-0.05, 0) is 12.8 Å². The second-order valence-electron chi connectivity index (χ2n) is 8.57. The minimum absolute atomic E-state index is 1.13. The summed E-state index contributed by atoms with van der Waals surface area (Å²) in [6, 6.07) is 0. The standard InChI is InChI=1S/C25H54N2/c1-3-5-7-9-11-13-15-17-19-21-23-25-27-26-24-22-20-18-16-14-12-10-8-6-4-2/h26-27H,3-25H2,1-2H3. The summed E-state index contributed by atoms with van der Waals surface area (Å²) in [6.45, 7) is 6.85. The molecule has 0 unspecified atom stereocenters. The van der Waals surface area contributed by atoms with Crippen LogP contribution in [-0.2, 0) is 0 Å². The number of hydrazine groups is 1. The predicted molar refractivity (Wildman–Crippen MR) is 124 cm³/mol. The first-order valence-corrected chi connectivity index (χ1v) is 12.9. The minimum Gasteiger partial charge on any atom is -0.258 e. The molecule has 27 heavy (non-hydrogen) atoms. The highest BCUT2D eigenvalue weighted by atomic mass is 15.3. The van der Waals surface area contributed by atoms with E-state index in [1.54, 1.807) is 0 Å². The van der Waals surface area contributed by atoms with Crippen molar-refractivity contribution in [2.75, 3.05) is 13.1 Å². The molecule has 0 saturated heterocycles. The first-order valence-electron chi connectivity index (χ1n) is 12.9. The molecule has 0 aromatic rings. The van der Waals surface area contributed by atoms with E-state index in [-0.39, 0.29) is 0 Å². The third kappa shape index (κ3) is 25.9. The molecule has 0 saturated carbocycles. The van der Waals surface area contributed by atoms with Crippen LogP contribution in [0.25, 0.3) is 0 Å². The van der Waals surface area contributed by atoms with Crippen LogP contribution in [0.4, 0.5) is 0 Å². The van der Waals surface area contributed by atoms with Crippen molar-refractivity contribution in [3.63, 3.8) is 0 Å². The van der Waals surface area contributed by atoms with Gasteiger partial charge in [0.05, 0.1) is 0 Å². The van der Waals surface area contributed by atoms with Gasteiger partial charge in [0, 0.05) is 13.1 Å². The lowest BCUT2D eigenvalue weighted by atomic mass is 10.1. The van der Waals surface area contributed by atoms with Gasteiger partial charge in [-0.1, -0.05) is 136 Å². The van der Waals surface area contributed by atoms with Crippen LogP contribution < -0.4 is 10.9 Å². The molecule has 0 rings (SSSR count). The van der Waals surface area contributed by atoms with Crippen LogP contribution in [0.15, 0.2) is 0 Å². The molecule has 0 aliphatic rings. The summed E-state index contributed by atoms with van der Waals surface area (Å²) < 4.78 is 0. The van der Waals surface area contributed by atoms with Crippen molar-refractivity contribution in [3.8, 4) is 0 Å². The highest BCUT2D eigenvalue weighted by Gasteiger charge is 1.94. The first kappa shape index (κ1) is 26.9. The van der Waals surface area contributed by atoms with E-state index in [2.05, 4.69) is 24.7 Å². The van der Waals surface area contributed by atoms with Crippen molar-refractivity contribution in [2.24, 2.45) is 0 Å². The van der Waals surface area contributed by atoms with Gasteiger partial charge in [0.1, 0.15) is 0 Å². The summed E-state index contributed by atoms with van der Waals surface area (Å²) in [6.07, 6.45) is 29.9. The first-order chi connectivity index (χ1) is 13.4. The lowest BCUT2D eigenvalue weighted by Crippen LogP contribution is -2.33. The third-order valence-corrected chi connectivity index (χ3v) is 5.69. The fourth-order valence-electron chi connectivity index (χ4n) is 3.76. The highest BCUT2D eigenvalue weighted by Crippen LogP contribution is 2.11. The fraction of sp³-hybridized carbons (Fsp3) is 1.00. The van der Waals surface area contributed by atoms with E-state index < -0.39 is 0 Å². The SMILES string of the molecule is CCCCCCCCCCCCCNNCCCCCCCCCCCC. The average molecular weight is 383 g/mol. The highest BCUT2D eigenvalue weighted by molar-refractivity contribution is 4.51. The molecule has 2 N–H and O–H groups in total. The van der Waals surface area contributed by atoms with Gasteiger partial charge in [-0.2, -0.15) is 0 Å². The Balaban J connectivity index is 2.95. The zero-order valence-electron chi connectivity index (χ0n) is 19.3. The Morgan fingerprint density at radius 2 is 0.519 bits per heavy atom. The Kier molecular flexibility index (Phi) is 25.8. The fourth-order valence-corrected chi connectivity index (χ4v) is 3.76. The van der Waals surface area contributed by atoms with E-state index in [4.69, 9.17) is 0 Å². The zero-order valence-corrected chi connectivity index (χ0v) is 19.3. The number of rotatable bonds is 24. The van der Waals surface area contributed by atoms with Gasteiger partial charge in [0.25, 0.3) is 0 Å². The average Bonchev–Trinajstić information content (AvgIpc) is 2.68. The molecular formula is C25H54N2. The second kappa shape index (κ2) is 25.9. The van der Waals surface area contributed by atoms with Crippen LogP contribution in [0, 0.1) is 0 Å². The largest absolute Gasteiger partial charge is 0.258 e. The third-order valence-electron chi connectivity index (χ3n) is 5.69. The molecule has 0 aliphatic carbocycles. The van der Waals surface area contributed by atoms with E-state index in [1.807, 2.05) is 0 Å². The molecule has 0 aromatic heterocycles. The van der Waals surface area contributed by atoms with Gasteiger partial charge in [0.2, 0.25) is 0 Å². The van der Waals surface area contributed by atoms with E-state index in [9.17, 15) is 0 Å². The summed E-state index contributed by atoms with van der Waals surface area (Å²) >= 11 is 0. The Hall–Kier alpha value is -0.0800. The van der Waals surface area contributed by atoms with Gasteiger partial charge < -0.3 is 0 Å². The van der Waals surface area contributed by atoms with Gasteiger partial charge in [-0.3, -0.25) is 10.9 Å². The summed E-state index contributed by atoms with van der Waals surface area (Å²) in [5, 5.41) is 0. The maximum absolute atomic E-state index is 3.40. The quantitative estimate of drug-likeness (QED) is 0.129. The van der Waals surface area contributed by atoms with Crippen LogP contribution >= 0.6 is 0 Å². The van der Waals surface area contributed by atoms with Crippen LogP contribution in [0.1, 0.15) is 149 Å². The molecule has 0 heterocycles. The van der Waals surface area contributed by atoms with Crippen molar-refractivity contribution < 1.29 is 0 Å². The smallest absolute Gasteiger partial charge is 0.00997 e. The van der Waals surface area contributed by atoms with Crippen LogP contribution in [0.5, 0.6) is 0 Å². The van der Waals surface area contributed by atoms with Gasteiger partial charge in [0.15, 0.2) is 0 Å². The second-order valence-corrected chi connectivity index (χ2v) is 8.57. The molecule has 0 spiro atoms. The molecule has 2 heteroatoms. The van der Waals surface area contributed by atoms with Crippen molar-refractivity contribution in [1.82, 2.24) is 10.9 Å². The van der Waals surface area contributed by atoms with E-state index in [1.165, 1.54) is 135 Å². The van der Waals surface area contributed by atoms with Crippen molar-refractivity contribution in [1.29, 1.82) is 0 Å². The minimum atomic E-state index is 1.13.